The Morgan fingerprint density at radius 2 is 1.06 bits per heavy atom. The number of hydrogen-bond donors (Lipinski definition) is 0. The average Bonchev–Trinajstić information content (AvgIpc) is 3.38. The van der Waals surface area contributed by atoms with Gasteiger partial charge >= 0.3 is 33.3 Å². The molecule has 6 aromatic rings. The molecule has 0 aliphatic carbocycles. The number of thiophene rings is 1. The van der Waals surface area contributed by atoms with Gasteiger partial charge in [0.15, 0.2) is 0 Å². The fraction of sp³-hybridized carbons (Fsp3) is 0. The van der Waals surface area contributed by atoms with Crippen molar-refractivity contribution in [3.63, 3.8) is 0 Å². The summed E-state index contributed by atoms with van der Waals surface area (Å²) in [6, 6.07) is 37.9. The Labute approximate surface area is 228 Å². The Morgan fingerprint density at radius 1 is 0.556 bits per heavy atom. The van der Waals surface area contributed by atoms with Crippen LogP contribution >= 0.6 is 31.5 Å². The van der Waals surface area contributed by atoms with Crippen molar-refractivity contribution < 1.29 is 13.1 Å². The zero-order chi connectivity index (χ0) is 24.7. The van der Waals surface area contributed by atoms with Gasteiger partial charge in [0, 0.05) is 38.3 Å². The standard InChI is InChI=1S/C30H20N2S.2ClH.Fe/c1-4-12-26-21(8-1)11-7-15-29(26)31-19-24-16-17-25(33-24)20-32-30-27-13-5-2-9-22(27)18-23-10-3-6-14-28(23)30;;;/h1-20H;2*1H;/q;;;+2/p-2. The molecule has 0 saturated carbocycles. The van der Waals surface area contributed by atoms with Gasteiger partial charge in [-0.05, 0) is 40.4 Å². The van der Waals surface area contributed by atoms with E-state index in [-0.39, 0.29) is 13.1 Å². The molecule has 0 fully saturated rings. The monoisotopic (exact) mass is 566 g/mol. The van der Waals surface area contributed by atoms with Crippen molar-refractivity contribution in [2.24, 2.45) is 9.98 Å². The van der Waals surface area contributed by atoms with Crippen molar-refractivity contribution in [3.05, 3.63) is 119 Å². The van der Waals surface area contributed by atoms with Crippen LogP contribution in [0.2, 0.25) is 0 Å². The molecule has 6 rings (SSSR count). The molecule has 0 amide bonds. The number of fused-ring (bicyclic) bond motifs is 3. The summed E-state index contributed by atoms with van der Waals surface area (Å²) in [6.45, 7) is 0. The third-order valence-corrected chi connectivity index (χ3v) is 6.76. The van der Waals surface area contributed by atoms with E-state index < -0.39 is 0 Å². The molecule has 0 N–H and O–H groups in total. The predicted molar refractivity (Wildman–Crippen MR) is 156 cm³/mol. The maximum absolute atomic E-state index is 4.95. The Hall–Kier alpha value is -2.98. The quantitative estimate of drug-likeness (QED) is 0.115. The Bertz CT molecular complexity index is 1650. The van der Waals surface area contributed by atoms with Gasteiger partial charge in [0.05, 0.1) is 11.4 Å². The third kappa shape index (κ3) is 5.54. The van der Waals surface area contributed by atoms with E-state index in [2.05, 4.69) is 109 Å². The molecular formula is C30H20Cl2FeN2S. The Kier molecular flexibility index (Phi) is 8.12. The summed E-state index contributed by atoms with van der Waals surface area (Å²) >= 11 is 1.88. The number of aliphatic imine (C=N–C) groups is 2. The minimum atomic E-state index is 0.194. The van der Waals surface area contributed by atoms with Gasteiger partial charge < -0.3 is 0 Å². The zero-order valence-electron chi connectivity index (χ0n) is 19.0. The topological polar surface area (TPSA) is 24.7 Å². The number of nitrogens with zero attached hydrogens (tertiary/aromatic N) is 2. The molecule has 0 aliphatic heterocycles. The molecule has 0 spiro atoms. The van der Waals surface area contributed by atoms with Crippen molar-refractivity contribution in [3.8, 4) is 0 Å². The van der Waals surface area contributed by atoms with Gasteiger partial charge in [0.25, 0.3) is 0 Å². The summed E-state index contributed by atoms with van der Waals surface area (Å²) in [5.74, 6) is 0. The van der Waals surface area contributed by atoms with E-state index in [9.17, 15) is 0 Å². The van der Waals surface area contributed by atoms with E-state index in [0.29, 0.717) is 0 Å². The van der Waals surface area contributed by atoms with Gasteiger partial charge in [-0.1, -0.05) is 84.9 Å². The first-order valence-corrected chi connectivity index (χ1v) is 15.0. The van der Waals surface area contributed by atoms with Gasteiger partial charge in [0.2, 0.25) is 0 Å². The van der Waals surface area contributed by atoms with Crippen LogP contribution in [0.15, 0.2) is 119 Å². The van der Waals surface area contributed by atoms with E-state index in [1.165, 1.54) is 26.9 Å². The fourth-order valence-corrected chi connectivity index (χ4v) is 4.97. The molecule has 0 atom stereocenters. The molecule has 0 unspecified atom stereocenters. The second-order valence-corrected chi connectivity index (χ2v) is 10.9. The van der Waals surface area contributed by atoms with E-state index >= 15 is 0 Å². The van der Waals surface area contributed by atoms with Crippen LogP contribution in [0, 0.1) is 0 Å². The minimum absolute atomic E-state index is 0.194. The van der Waals surface area contributed by atoms with Crippen molar-refractivity contribution in [1.29, 1.82) is 0 Å². The van der Waals surface area contributed by atoms with E-state index in [1.807, 2.05) is 12.4 Å². The van der Waals surface area contributed by atoms with Crippen LogP contribution in [0.4, 0.5) is 11.4 Å². The zero-order valence-corrected chi connectivity index (χ0v) is 22.4. The molecule has 0 bridgehead atoms. The van der Waals surface area contributed by atoms with E-state index in [1.54, 1.807) is 11.3 Å². The first kappa shape index (κ1) is 24.7. The summed E-state index contributed by atoms with van der Waals surface area (Å²) in [7, 11) is 9.53. The first-order valence-electron chi connectivity index (χ1n) is 11.2. The van der Waals surface area contributed by atoms with Crippen LogP contribution in [0.5, 0.6) is 0 Å². The molecule has 1 aromatic heterocycles. The number of hydrogen-bond acceptors (Lipinski definition) is 3. The second kappa shape index (κ2) is 11.8. The van der Waals surface area contributed by atoms with Crippen LogP contribution in [-0.2, 0) is 13.1 Å². The van der Waals surface area contributed by atoms with Gasteiger partial charge in [0.1, 0.15) is 0 Å². The van der Waals surface area contributed by atoms with Gasteiger partial charge in [-0.2, -0.15) is 0 Å². The molecule has 5 aromatic carbocycles. The summed E-state index contributed by atoms with van der Waals surface area (Å²) in [4.78, 5) is 11.9. The van der Waals surface area contributed by atoms with Crippen LogP contribution in [-0.4, -0.2) is 12.4 Å². The molecule has 0 radical (unpaired) electrons. The molecule has 0 aliphatic rings. The number of rotatable bonds is 4. The molecule has 0 saturated heterocycles. The summed E-state index contributed by atoms with van der Waals surface area (Å²) < 4.78 is 0. The predicted octanol–water partition coefficient (Wildman–Crippen LogP) is 10.1. The summed E-state index contributed by atoms with van der Waals surface area (Å²) in [5.41, 5.74) is 2.00. The summed E-state index contributed by atoms with van der Waals surface area (Å²) in [5, 5.41) is 7.12. The SMILES string of the molecule is C(=Nc1cccc2ccccc12)c1ccc(C=Nc2c3ccccc3cc3ccccc23)s1.[Cl][Fe][Cl]. The molecular weight excluding hydrogens is 547 g/mol. The van der Waals surface area contributed by atoms with E-state index in [0.717, 1.165) is 26.5 Å². The van der Waals surface area contributed by atoms with Crippen molar-refractivity contribution in [1.82, 2.24) is 0 Å². The summed E-state index contributed by atoms with van der Waals surface area (Å²) in [6.07, 6.45) is 3.91. The third-order valence-electron chi connectivity index (χ3n) is 5.81. The van der Waals surface area contributed by atoms with Crippen molar-refractivity contribution in [2.45, 2.75) is 0 Å². The molecule has 2 nitrogen and oxygen atoms in total. The Balaban J connectivity index is 0.000000848. The fourth-order valence-electron chi connectivity index (χ4n) is 4.22. The molecule has 6 heteroatoms. The van der Waals surface area contributed by atoms with Gasteiger partial charge in [-0.15, -0.1) is 11.3 Å². The second-order valence-electron chi connectivity index (χ2n) is 7.97. The molecule has 178 valence electrons. The molecule has 1 heterocycles. The van der Waals surface area contributed by atoms with Crippen molar-refractivity contribution >= 4 is 87.7 Å². The normalized spacial score (nSPS) is 11.6. The van der Waals surface area contributed by atoms with E-state index in [4.69, 9.17) is 30.2 Å². The number of benzene rings is 5. The van der Waals surface area contributed by atoms with Crippen molar-refractivity contribution in [2.75, 3.05) is 0 Å². The van der Waals surface area contributed by atoms with Gasteiger partial charge in [-0.3, -0.25) is 9.98 Å². The maximum atomic E-state index is 4.95. The first-order chi connectivity index (χ1) is 17.8. The van der Waals surface area contributed by atoms with Crippen LogP contribution in [0.25, 0.3) is 32.3 Å². The molecule has 36 heavy (non-hydrogen) atoms. The van der Waals surface area contributed by atoms with Crippen LogP contribution in [0.1, 0.15) is 9.75 Å². The Morgan fingerprint density at radius 3 is 1.69 bits per heavy atom. The average molecular weight is 567 g/mol. The number of halogens is 2. The van der Waals surface area contributed by atoms with Crippen LogP contribution in [0.3, 0.4) is 0 Å². The van der Waals surface area contributed by atoms with Crippen LogP contribution < -0.4 is 0 Å². The van der Waals surface area contributed by atoms with Gasteiger partial charge in [-0.25, -0.2) is 0 Å².